The number of carbonyl (C=O) groups is 1. The lowest BCUT2D eigenvalue weighted by Gasteiger charge is -2.18. The number of aryl methyl sites for hydroxylation is 2. The molecule has 110 valence electrons. The van der Waals surface area contributed by atoms with E-state index in [0.29, 0.717) is 17.7 Å². The Morgan fingerprint density at radius 1 is 1.35 bits per heavy atom. The van der Waals surface area contributed by atoms with E-state index in [2.05, 4.69) is 12.2 Å². The van der Waals surface area contributed by atoms with Gasteiger partial charge in [0.25, 0.3) is 0 Å². The number of benzene rings is 1. The molecular formula is C16H23FN2O. The van der Waals surface area contributed by atoms with E-state index in [4.69, 9.17) is 0 Å². The fraction of sp³-hybridized carbons (Fsp3) is 0.562. The number of rotatable bonds is 5. The minimum absolute atomic E-state index is 0.0439. The maximum Gasteiger partial charge on any atom is 0.240 e. The van der Waals surface area contributed by atoms with Gasteiger partial charge in [-0.15, -0.1) is 0 Å². The van der Waals surface area contributed by atoms with Crippen molar-refractivity contribution in [2.24, 2.45) is 0 Å². The average molecular weight is 278 g/mol. The van der Waals surface area contributed by atoms with Crippen molar-refractivity contribution in [3.8, 4) is 0 Å². The van der Waals surface area contributed by atoms with Crippen molar-refractivity contribution in [3.05, 3.63) is 34.6 Å². The van der Waals surface area contributed by atoms with Gasteiger partial charge >= 0.3 is 0 Å². The molecule has 1 aliphatic heterocycles. The predicted molar refractivity (Wildman–Crippen MR) is 78.0 cm³/mol. The summed E-state index contributed by atoms with van der Waals surface area (Å²) in [6.07, 6.45) is 1.89. The number of amides is 1. The molecule has 3 nitrogen and oxygen atoms in total. The monoisotopic (exact) mass is 278 g/mol. The van der Waals surface area contributed by atoms with Gasteiger partial charge in [0.05, 0.1) is 6.04 Å². The first kappa shape index (κ1) is 15.0. The Morgan fingerprint density at radius 2 is 2.00 bits per heavy atom. The minimum Gasteiger partial charge on any atom is -0.337 e. The van der Waals surface area contributed by atoms with E-state index < -0.39 is 0 Å². The number of hydrogen-bond acceptors (Lipinski definition) is 2. The van der Waals surface area contributed by atoms with Crippen LogP contribution in [-0.2, 0) is 11.3 Å². The molecule has 1 N–H and O–H groups in total. The molecule has 1 fully saturated rings. The summed E-state index contributed by atoms with van der Waals surface area (Å²) in [7, 11) is 0. The second kappa shape index (κ2) is 6.35. The standard InChI is InChI=1S/C16H23FN2O/c1-4-6-18-14-5-7-19(16(14)20)10-13-8-11(2)15(17)12(3)9-13/h8-9,14,18H,4-7,10H2,1-3H3. The van der Waals surface area contributed by atoms with E-state index in [9.17, 15) is 9.18 Å². The molecule has 1 aromatic carbocycles. The third kappa shape index (κ3) is 3.18. The van der Waals surface area contributed by atoms with Gasteiger partial charge in [-0.2, -0.15) is 0 Å². The first-order valence-electron chi connectivity index (χ1n) is 7.30. The van der Waals surface area contributed by atoms with E-state index in [-0.39, 0.29) is 17.8 Å². The van der Waals surface area contributed by atoms with E-state index >= 15 is 0 Å². The van der Waals surface area contributed by atoms with Gasteiger partial charge in [-0.3, -0.25) is 4.79 Å². The summed E-state index contributed by atoms with van der Waals surface area (Å²) in [4.78, 5) is 14.1. The number of nitrogens with zero attached hydrogens (tertiary/aromatic N) is 1. The number of likely N-dealkylation sites (tertiary alicyclic amines) is 1. The number of carbonyl (C=O) groups excluding carboxylic acids is 1. The lowest BCUT2D eigenvalue weighted by Crippen LogP contribution is -2.38. The Balaban J connectivity index is 2.02. The van der Waals surface area contributed by atoms with Crippen LogP contribution in [-0.4, -0.2) is 29.9 Å². The Morgan fingerprint density at radius 3 is 2.60 bits per heavy atom. The SMILES string of the molecule is CCCNC1CCN(Cc2cc(C)c(F)c(C)c2)C1=O. The predicted octanol–water partition coefficient (Wildman–Crippen LogP) is 2.54. The lowest BCUT2D eigenvalue weighted by molar-refractivity contribution is -0.129. The third-order valence-corrected chi connectivity index (χ3v) is 3.81. The van der Waals surface area contributed by atoms with Gasteiger partial charge < -0.3 is 10.2 Å². The molecule has 4 heteroatoms. The van der Waals surface area contributed by atoms with Gasteiger partial charge in [-0.25, -0.2) is 4.39 Å². The average Bonchev–Trinajstić information content (AvgIpc) is 2.75. The molecule has 1 aromatic rings. The van der Waals surface area contributed by atoms with E-state index in [1.54, 1.807) is 13.8 Å². The number of hydrogen-bond donors (Lipinski definition) is 1. The summed E-state index contributed by atoms with van der Waals surface area (Å²) < 4.78 is 13.6. The van der Waals surface area contributed by atoms with Crippen molar-refractivity contribution in [2.45, 2.75) is 46.2 Å². The van der Waals surface area contributed by atoms with E-state index in [0.717, 1.165) is 31.5 Å². The molecule has 0 aliphatic carbocycles. The summed E-state index contributed by atoms with van der Waals surface area (Å²) in [6, 6.07) is 3.63. The molecule has 1 amide bonds. The Bertz CT molecular complexity index is 478. The molecule has 1 aliphatic rings. The molecule has 2 rings (SSSR count). The Hall–Kier alpha value is -1.42. The lowest BCUT2D eigenvalue weighted by atomic mass is 10.1. The fourth-order valence-electron chi connectivity index (χ4n) is 2.75. The van der Waals surface area contributed by atoms with Crippen LogP contribution in [0.1, 0.15) is 36.5 Å². The largest absolute Gasteiger partial charge is 0.337 e. The minimum atomic E-state index is -0.149. The van der Waals surface area contributed by atoms with E-state index in [1.807, 2.05) is 17.0 Å². The van der Waals surface area contributed by atoms with Crippen LogP contribution in [0, 0.1) is 19.7 Å². The van der Waals surface area contributed by atoms with Gasteiger partial charge in [0.1, 0.15) is 5.82 Å². The molecule has 0 radical (unpaired) electrons. The first-order chi connectivity index (χ1) is 9.52. The Labute approximate surface area is 120 Å². The summed E-state index contributed by atoms with van der Waals surface area (Å²) >= 11 is 0. The molecule has 0 bridgehead atoms. The fourth-order valence-corrected chi connectivity index (χ4v) is 2.75. The maximum absolute atomic E-state index is 13.6. The summed E-state index contributed by atoms with van der Waals surface area (Å²) in [5.41, 5.74) is 2.30. The van der Waals surface area contributed by atoms with Gasteiger partial charge in [0.2, 0.25) is 5.91 Å². The van der Waals surface area contributed by atoms with Crippen LogP contribution >= 0.6 is 0 Å². The molecule has 20 heavy (non-hydrogen) atoms. The first-order valence-corrected chi connectivity index (χ1v) is 7.30. The van der Waals surface area contributed by atoms with Crippen molar-refractivity contribution in [1.29, 1.82) is 0 Å². The van der Waals surface area contributed by atoms with Crippen LogP contribution in [0.2, 0.25) is 0 Å². The molecule has 1 saturated heterocycles. The number of nitrogens with one attached hydrogen (secondary N) is 1. The Kier molecular flexibility index (Phi) is 4.76. The maximum atomic E-state index is 13.6. The van der Waals surface area contributed by atoms with Crippen molar-refractivity contribution < 1.29 is 9.18 Å². The highest BCUT2D eigenvalue weighted by Crippen LogP contribution is 2.19. The van der Waals surface area contributed by atoms with Crippen LogP contribution in [0.3, 0.4) is 0 Å². The van der Waals surface area contributed by atoms with Crippen LogP contribution in [0.5, 0.6) is 0 Å². The van der Waals surface area contributed by atoms with Crippen LogP contribution in [0.15, 0.2) is 12.1 Å². The molecule has 1 heterocycles. The zero-order valence-electron chi connectivity index (χ0n) is 12.5. The second-order valence-electron chi connectivity index (χ2n) is 5.60. The quantitative estimate of drug-likeness (QED) is 0.897. The van der Waals surface area contributed by atoms with Gasteiger partial charge in [-0.1, -0.05) is 19.1 Å². The van der Waals surface area contributed by atoms with Crippen molar-refractivity contribution >= 4 is 5.91 Å². The van der Waals surface area contributed by atoms with Crippen molar-refractivity contribution in [3.63, 3.8) is 0 Å². The zero-order valence-corrected chi connectivity index (χ0v) is 12.5. The highest BCUT2D eigenvalue weighted by molar-refractivity contribution is 5.83. The third-order valence-electron chi connectivity index (χ3n) is 3.81. The zero-order chi connectivity index (χ0) is 14.7. The molecular weight excluding hydrogens is 255 g/mol. The summed E-state index contributed by atoms with van der Waals surface area (Å²) in [6.45, 7) is 7.85. The number of halogens is 1. The van der Waals surface area contributed by atoms with Crippen molar-refractivity contribution in [1.82, 2.24) is 10.2 Å². The highest BCUT2D eigenvalue weighted by atomic mass is 19.1. The van der Waals surface area contributed by atoms with Gasteiger partial charge in [-0.05, 0) is 49.9 Å². The van der Waals surface area contributed by atoms with E-state index in [1.165, 1.54) is 0 Å². The molecule has 1 atom stereocenters. The van der Waals surface area contributed by atoms with Crippen LogP contribution in [0.25, 0.3) is 0 Å². The van der Waals surface area contributed by atoms with Gasteiger partial charge in [0, 0.05) is 13.1 Å². The van der Waals surface area contributed by atoms with Crippen LogP contribution < -0.4 is 5.32 Å². The smallest absolute Gasteiger partial charge is 0.240 e. The summed E-state index contributed by atoms with van der Waals surface area (Å²) in [5, 5.41) is 3.28. The van der Waals surface area contributed by atoms with Crippen LogP contribution in [0.4, 0.5) is 4.39 Å². The highest BCUT2D eigenvalue weighted by Gasteiger charge is 2.30. The second-order valence-corrected chi connectivity index (χ2v) is 5.60. The van der Waals surface area contributed by atoms with Crippen molar-refractivity contribution in [2.75, 3.05) is 13.1 Å². The molecule has 0 spiro atoms. The molecule has 0 saturated carbocycles. The summed E-state index contributed by atoms with van der Waals surface area (Å²) in [5.74, 6) is 0.0158. The molecule has 1 unspecified atom stereocenters. The normalized spacial score (nSPS) is 18.9. The molecule has 0 aromatic heterocycles. The van der Waals surface area contributed by atoms with Gasteiger partial charge in [0.15, 0.2) is 0 Å². The topological polar surface area (TPSA) is 32.3 Å².